The second-order valence-corrected chi connectivity index (χ2v) is 17.8. The van der Waals surface area contributed by atoms with Crippen molar-refractivity contribution in [3.63, 3.8) is 0 Å². The highest BCUT2D eigenvalue weighted by Crippen LogP contribution is 2.55. The van der Waals surface area contributed by atoms with Crippen LogP contribution >= 0.6 is 11.3 Å². The van der Waals surface area contributed by atoms with Gasteiger partial charge in [0.2, 0.25) is 0 Å². The second-order valence-electron chi connectivity index (χ2n) is 16.7. The van der Waals surface area contributed by atoms with Crippen molar-refractivity contribution in [3.8, 4) is 33.4 Å². The molecule has 1 heterocycles. The average molecular weight is 752 g/mol. The maximum Gasteiger partial charge on any atom is 0.0554 e. The lowest BCUT2D eigenvalue weighted by Crippen LogP contribution is -2.17. The monoisotopic (exact) mass is 751 g/mol. The quantitative estimate of drug-likeness (QED) is 0.164. The minimum Gasteiger partial charge on any atom is -0.310 e. The largest absolute Gasteiger partial charge is 0.310 e. The third kappa shape index (κ3) is 5.64. The van der Waals surface area contributed by atoms with Crippen LogP contribution < -0.4 is 4.90 Å². The number of rotatable bonds is 6. The Morgan fingerprint density at radius 1 is 0.509 bits per heavy atom. The van der Waals surface area contributed by atoms with E-state index in [9.17, 15) is 0 Å². The summed E-state index contributed by atoms with van der Waals surface area (Å²) in [5, 5.41) is 5.13. The lowest BCUT2D eigenvalue weighted by atomic mass is 9.78. The summed E-state index contributed by atoms with van der Waals surface area (Å²) in [7, 11) is 0. The van der Waals surface area contributed by atoms with Crippen molar-refractivity contribution < 1.29 is 0 Å². The Bertz CT molecular complexity index is 2960. The van der Waals surface area contributed by atoms with E-state index in [4.69, 9.17) is 0 Å². The molecule has 9 aromatic rings. The summed E-state index contributed by atoms with van der Waals surface area (Å²) in [4.78, 5) is 2.52. The van der Waals surface area contributed by atoms with Gasteiger partial charge < -0.3 is 4.90 Å². The molecule has 57 heavy (non-hydrogen) atoms. The van der Waals surface area contributed by atoms with Crippen LogP contribution in [0.4, 0.5) is 17.1 Å². The highest BCUT2D eigenvalue weighted by Gasteiger charge is 2.38. The van der Waals surface area contributed by atoms with Crippen LogP contribution in [0.1, 0.15) is 68.6 Å². The Labute approximate surface area is 339 Å². The van der Waals surface area contributed by atoms with Crippen molar-refractivity contribution in [3.05, 3.63) is 187 Å². The molecule has 1 saturated carbocycles. The van der Waals surface area contributed by atoms with Gasteiger partial charge in [0.25, 0.3) is 0 Å². The van der Waals surface area contributed by atoms with E-state index >= 15 is 0 Å². The van der Waals surface area contributed by atoms with Gasteiger partial charge in [-0.05, 0) is 134 Å². The van der Waals surface area contributed by atoms with Gasteiger partial charge in [-0.2, -0.15) is 0 Å². The van der Waals surface area contributed by atoms with Crippen molar-refractivity contribution in [2.45, 2.75) is 57.3 Å². The van der Waals surface area contributed by atoms with Crippen molar-refractivity contribution in [2.24, 2.45) is 0 Å². The smallest absolute Gasteiger partial charge is 0.0554 e. The van der Waals surface area contributed by atoms with Crippen molar-refractivity contribution >= 4 is 59.3 Å². The van der Waals surface area contributed by atoms with Gasteiger partial charge in [0.15, 0.2) is 0 Å². The van der Waals surface area contributed by atoms with Crippen molar-refractivity contribution in [2.75, 3.05) is 4.90 Å². The Hall–Kier alpha value is -5.96. The van der Waals surface area contributed by atoms with Crippen LogP contribution in [0.5, 0.6) is 0 Å². The number of hydrogen-bond acceptors (Lipinski definition) is 2. The van der Waals surface area contributed by atoms with Crippen LogP contribution in [0.3, 0.4) is 0 Å². The molecule has 8 aromatic carbocycles. The first kappa shape index (κ1) is 34.3. The number of fused-ring (bicyclic) bond motifs is 7. The molecule has 276 valence electrons. The lowest BCUT2D eigenvalue weighted by molar-refractivity contribution is 0.444. The minimum absolute atomic E-state index is 0.105. The third-order valence-electron chi connectivity index (χ3n) is 13.0. The minimum atomic E-state index is -0.105. The molecule has 0 amide bonds. The summed E-state index contributed by atoms with van der Waals surface area (Å²) in [6.07, 6.45) is 6.66. The van der Waals surface area contributed by atoms with E-state index in [0.717, 1.165) is 5.69 Å². The summed E-state index contributed by atoms with van der Waals surface area (Å²) >= 11 is 1.88. The highest BCUT2D eigenvalue weighted by atomic mass is 32.1. The molecule has 0 unspecified atom stereocenters. The van der Waals surface area contributed by atoms with Gasteiger partial charge in [0.05, 0.1) is 5.69 Å². The first-order valence-electron chi connectivity index (χ1n) is 20.7. The zero-order chi connectivity index (χ0) is 38.1. The first-order valence-corrected chi connectivity index (χ1v) is 21.5. The Balaban J connectivity index is 1.09. The number of thiophene rings is 1. The molecule has 2 aliphatic rings. The summed E-state index contributed by atoms with van der Waals surface area (Å²) in [5.41, 5.74) is 15.8. The number of anilines is 3. The standard InChI is InChI=1S/C55H45NS/c1-55(2)48-23-13-22-43(36-15-5-3-6-16-36)53(48)44-32-31-42(35-49(44)55)56(50-24-14-26-52-54(50)45-21-11-12-25-51(45)57-52)41-29-27-38(28-30-41)47-34-40-20-10-9-19-39(40)33-46(47)37-17-7-4-8-18-37/h4,7-14,17-36H,3,5-6,15-16H2,1-2H3. The molecule has 0 bridgehead atoms. The van der Waals surface area contributed by atoms with Gasteiger partial charge in [0, 0.05) is 37.0 Å². The molecular formula is C55H45NS. The first-order chi connectivity index (χ1) is 28.0. The fraction of sp³-hybridized carbons (Fsp3) is 0.164. The second kappa shape index (κ2) is 13.6. The Kier molecular flexibility index (Phi) is 8.19. The highest BCUT2D eigenvalue weighted by molar-refractivity contribution is 7.26. The van der Waals surface area contributed by atoms with E-state index in [1.807, 2.05) is 11.3 Å². The van der Waals surface area contributed by atoms with E-state index in [2.05, 4.69) is 189 Å². The molecule has 0 aliphatic heterocycles. The molecule has 0 spiro atoms. The maximum atomic E-state index is 2.52. The average Bonchev–Trinajstić information content (AvgIpc) is 3.76. The van der Waals surface area contributed by atoms with Crippen LogP contribution in [0.2, 0.25) is 0 Å². The summed E-state index contributed by atoms with van der Waals surface area (Å²) < 4.78 is 2.63. The predicted octanol–water partition coefficient (Wildman–Crippen LogP) is 16.4. The van der Waals surface area contributed by atoms with Gasteiger partial charge in [-0.1, -0.05) is 148 Å². The molecule has 2 aliphatic carbocycles. The SMILES string of the molecule is CC1(C)c2cc(N(c3ccc(-c4cc5ccccc5cc4-c4ccccc4)cc3)c3cccc4sc5ccccc5c34)ccc2-c2c(C3CCCCC3)cccc21. The maximum absolute atomic E-state index is 2.52. The van der Waals surface area contributed by atoms with E-state index < -0.39 is 0 Å². The van der Waals surface area contributed by atoms with Crippen LogP contribution in [0.15, 0.2) is 170 Å². The Morgan fingerprint density at radius 2 is 1.16 bits per heavy atom. The van der Waals surface area contributed by atoms with Crippen molar-refractivity contribution in [1.82, 2.24) is 0 Å². The zero-order valence-corrected chi connectivity index (χ0v) is 33.5. The third-order valence-corrected chi connectivity index (χ3v) is 14.2. The van der Waals surface area contributed by atoms with E-state index in [1.54, 1.807) is 5.56 Å². The van der Waals surface area contributed by atoms with Crippen LogP contribution in [0.25, 0.3) is 64.3 Å². The van der Waals surface area contributed by atoms with Crippen LogP contribution in [-0.4, -0.2) is 0 Å². The number of nitrogens with zero attached hydrogens (tertiary/aromatic N) is 1. The predicted molar refractivity (Wildman–Crippen MR) is 246 cm³/mol. The number of benzene rings is 8. The summed E-state index contributed by atoms with van der Waals surface area (Å²) in [6, 6.07) is 63.8. The molecule has 2 heteroatoms. The van der Waals surface area contributed by atoms with Gasteiger partial charge in [-0.15, -0.1) is 11.3 Å². The van der Waals surface area contributed by atoms with Crippen LogP contribution in [0, 0.1) is 0 Å². The molecule has 11 rings (SSSR count). The molecule has 1 fully saturated rings. The zero-order valence-electron chi connectivity index (χ0n) is 32.6. The molecule has 1 aromatic heterocycles. The Morgan fingerprint density at radius 3 is 1.93 bits per heavy atom. The molecule has 1 nitrogen and oxygen atoms in total. The summed E-state index contributed by atoms with van der Waals surface area (Å²) in [5.74, 6) is 0.652. The molecular weight excluding hydrogens is 707 g/mol. The van der Waals surface area contributed by atoms with E-state index in [0.29, 0.717) is 5.92 Å². The van der Waals surface area contributed by atoms with Gasteiger partial charge in [0.1, 0.15) is 0 Å². The normalized spacial score (nSPS) is 14.9. The lowest BCUT2D eigenvalue weighted by Gasteiger charge is -2.29. The topological polar surface area (TPSA) is 3.24 Å². The molecule has 0 saturated heterocycles. The molecule has 0 atom stereocenters. The molecule has 0 N–H and O–H groups in total. The fourth-order valence-electron chi connectivity index (χ4n) is 10.2. The van der Waals surface area contributed by atoms with Gasteiger partial charge in [-0.25, -0.2) is 0 Å². The fourth-order valence-corrected chi connectivity index (χ4v) is 11.3. The van der Waals surface area contributed by atoms with Crippen molar-refractivity contribution in [1.29, 1.82) is 0 Å². The van der Waals surface area contributed by atoms with E-state index in [1.165, 1.54) is 119 Å². The summed E-state index contributed by atoms with van der Waals surface area (Å²) in [6.45, 7) is 4.87. The van der Waals surface area contributed by atoms with Crippen LogP contribution in [-0.2, 0) is 5.41 Å². The van der Waals surface area contributed by atoms with Gasteiger partial charge in [-0.3, -0.25) is 0 Å². The number of hydrogen-bond donors (Lipinski definition) is 0. The molecule has 0 radical (unpaired) electrons. The van der Waals surface area contributed by atoms with Gasteiger partial charge >= 0.3 is 0 Å². The van der Waals surface area contributed by atoms with E-state index in [-0.39, 0.29) is 5.41 Å².